The summed E-state index contributed by atoms with van der Waals surface area (Å²) in [6.45, 7) is 2.04. The molecule has 3 aromatic carbocycles. The SMILES string of the molecule is COc1cccc(-c2cccc(C3(C)N=C(N)c4ccccc4N3)c2)c1. The third-order valence-electron chi connectivity index (χ3n) is 4.75. The Bertz CT molecular complexity index is 996. The molecule has 1 aliphatic rings. The average Bonchev–Trinajstić information content (AvgIpc) is 2.68. The molecule has 0 saturated heterocycles. The first-order valence-electron chi connectivity index (χ1n) is 8.57. The van der Waals surface area contributed by atoms with Gasteiger partial charge in [-0.25, -0.2) is 4.99 Å². The molecule has 3 N–H and O–H groups in total. The number of benzene rings is 3. The van der Waals surface area contributed by atoms with E-state index in [1.807, 2.05) is 55.5 Å². The van der Waals surface area contributed by atoms with E-state index in [-0.39, 0.29) is 0 Å². The third-order valence-corrected chi connectivity index (χ3v) is 4.75. The van der Waals surface area contributed by atoms with Gasteiger partial charge in [-0.1, -0.05) is 42.5 Å². The number of aliphatic imine (C=N–C) groups is 1. The summed E-state index contributed by atoms with van der Waals surface area (Å²) >= 11 is 0. The molecule has 26 heavy (non-hydrogen) atoms. The fraction of sp³-hybridized carbons (Fsp3) is 0.136. The smallest absolute Gasteiger partial charge is 0.155 e. The van der Waals surface area contributed by atoms with Crippen LogP contribution in [0.3, 0.4) is 0 Å². The fourth-order valence-electron chi connectivity index (χ4n) is 3.35. The number of anilines is 1. The van der Waals surface area contributed by atoms with Crippen LogP contribution >= 0.6 is 0 Å². The molecular weight excluding hydrogens is 322 g/mol. The van der Waals surface area contributed by atoms with Crippen molar-refractivity contribution in [2.75, 3.05) is 12.4 Å². The number of nitrogens with one attached hydrogen (secondary N) is 1. The van der Waals surface area contributed by atoms with Gasteiger partial charge in [-0.3, -0.25) is 0 Å². The summed E-state index contributed by atoms with van der Waals surface area (Å²) in [5.41, 5.74) is 10.8. The van der Waals surface area contributed by atoms with Crippen LogP contribution in [0.4, 0.5) is 5.69 Å². The molecule has 130 valence electrons. The summed E-state index contributed by atoms with van der Waals surface area (Å²) < 4.78 is 5.35. The van der Waals surface area contributed by atoms with E-state index in [4.69, 9.17) is 15.5 Å². The lowest BCUT2D eigenvalue weighted by Crippen LogP contribution is -2.37. The first kappa shape index (κ1) is 16.2. The molecule has 1 atom stereocenters. The van der Waals surface area contributed by atoms with Crippen LogP contribution in [0.15, 0.2) is 77.8 Å². The van der Waals surface area contributed by atoms with Gasteiger partial charge in [0.2, 0.25) is 0 Å². The number of hydrogen-bond acceptors (Lipinski definition) is 4. The Labute approximate surface area is 153 Å². The van der Waals surface area contributed by atoms with Crippen molar-refractivity contribution in [3.8, 4) is 16.9 Å². The molecule has 0 fully saturated rings. The zero-order valence-electron chi connectivity index (χ0n) is 14.9. The van der Waals surface area contributed by atoms with Gasteiger partial charge in [0.1, 0.15) is 11.6 Å². The predicted molar refractivity (Wildman–Crippen MR) is 107 cm³/mol. The van der Waals surface area contributed by atoms with E-state index >= 15 is 0 Å². The molecule has 0 spiro atoms. The van der Waals surface area contributed by atoms with Gasteiger partial charge in [0.25, 0.3) is 0 Å². The number of nitrogens with zero attached hydrogens (tertiary/aromatic N) is 1. The van der Waals surface area contributed by atoms with E-state index in [0.717, 1.165) is 33.7 Å². The van der Waals surface area contributed by atoms with Gasteiger partial charge in [0, 0.05) is 11.3 Å². The number of methoxy groups -OCH3 is 1. The van der Waals surface area contributed by atoms with Gasteiger partial charge in [0.05, 0.1) is 7.11 Å². The summed E-state index contributed by atoms with van der Waals surface area (Å²) in [5, 5.41) is 3.53. The quantitative estimate of drug-likeness (QED) is 0.742. The van der Waals surface area contributed by atoms with Crippen molar-refractivity contribution < 1.29 is 4.74 Å². The van der Waals surface area contributed by atoms with Gasteiger partial charge in [0.15, 0.2) is 5.66 Å². The number of para-hydroxylation sites is 1. The fourth-order valence-corrected chi connectivity index (χ4v) is 3.35. The molecule has 4 nitrogen and oxygen atoms in total. The largest absolute Gasteiger partial charge is 0.497 e. The molecule has 1 heterocycles. The highest BCUT2D eigenvalue weighted by Gasteiger charge is 2.31. The number of rotatable bonds is 3. The molecule has 0 amide bonds. The van der Waals surface area contributed by atoms with Crippen LogP contribution in [0.5, 0.6) is 5.75 Å². The van der Waals surface area contributed by atoms with E-state index in [2.05, 4.69) is 29.6 Å². The maximum absolute atomic E-state index is 6.24. The number of hydrogen-bond donors (Lipinski definition) is 2. The normalized spacial score (nSPS) is 18.5. The van der Waals surface area contributed by atoms with Gasteiger partial charge < -0.3 is 15.8 Å². The topological polar surface area (TPSA) is 59.6 Å². The summed E-state index contributed by atoms with van der Waals surface area (Å²) in [6.07, 6.45) is 0. The minimum atomic E-state index is -0.618. The summed E-state index contributed by atoms with van der Waals surface area (Å²) in [7, 11) is 1.68. The van der Waals surface area contributed by atoms with Crippen LogP contribution < -0.4 is 15.8 Å². The Balaban J connectivity index is 1.76. The summed E-state index contributed by atoms with van der Waals surface area (Å²) in [5.74, 6) is 1.39. The first-order chi connectivity index (χ1) is 12.6. The molecule has 1 unspecified atom stereocenters. The van der Waals surface area contributed by atoms with E-state index < -0.39 is 5.66 Å². The molecular formula is C22H21N3O. The maximum atomic E-state index is 6.24. The second-order valence-corrected chi connectivity index (χ2v) is 6.55. The molecule has 0 radical (unpaired) electrons. The number of amidine groups is 1. The Morgan fingerprint density at radius 2 is 1.65 bits per heavy atom. The van der Waals surface area contributed by atoms with Gasteiger partial charge in [-0.15, -0.1) is 0 Å². The highest BCUT2D eigenvalue weighted by Crippen LogP contribution is 2.35. The van der Waals surface area contributed by atoms with Crippen molar-refractivity contribution in [1.29, 1.82) is 0 Å². The monoisotopic (exact) mass is 343 g/mol. The number of ether oxygens (including phenoxy) is 1. The van der Waals surface area contributed by atoms with Crippen molar-refractivity contribution in [2.45, 2.75) is 12.6 Å². The number of fused-ring (bicyclic) bond motifs is 1. The van der Waals surface area contributed by atoms with Gasteiger partial charge in [-0.2, -0.15) is 0 Å². The Kier molecular flexibility index (Phi) is 3.88. The highest BCUT2D eigenvalue weighted by atomic mass is 16.5. The minimum Gasteiger partial charge on any atom is -0.497 e. The van der Waals surface area contributed by atoms with E-state index in [0.29, 0.717) is 5.84 Å². The Morgan fingerprint density at radius 3 is 2.46 bits per heavy atom. The predicted octanol–water partition coefficient (Wildman–Crippen LogP) is 4.37. The highest BCUT2D eigenvalue weighted by molar-refractivity contribution is 6.04. The van der Waals surface area contributed by atoms with Gasteiger partial charge >= 0.3 is 0 Å². The standard InChI is InChI=1S/C22H21N3O/c1-22(24-20-12-4-3-11-19(20)21(23)25-22)17-9-5-7-15(13-17)16-8-6-10-18(14-16)26-2/h3-14,24H,1-2H3,(H2,23,25). The van der Waals surface area contributed by atoms with Crippen molar-refractivity contribution >= 4 is 11.5 Å². The second-order valence-electron chi connectivity index (χ2n) is 6.55. The van der Waals surface area contributed by atoms with Crippen LogP contribution in [0.25, 0.3) is 11.1 Å². The molecule has 3 aromatic rings. The van der Waals surface area contributed by atoms with Crippen LogP contribution in [0.1, 0.15) is 18.1 Å². The van der Waals surface area contributed by atoms with Crippen molar-refractivity contribution in [3.63, 3.8) is 0 Å². The molecule has 1 aliphatic heterocycles. The first-order valence-corrected chi connectivity index (χ1v) is 8.57. The van der Waals surface area contributed by atoms with E-state index in [1.165, 1.54) is 0 Å². The van der Waals surface area contributed by atoms with Crippen LogP contribution in [0, 0.1) is 0 Å². The zero-order chi connectivity index (χ0) is 18.1. The lowest BCUT2D eigenvalue weighted by molar-refractivity contribution is 0.415. The Morgan fingerprint density at radius 1 is 0.923 bits per heavy atom. The molecule has 4 rings (SSSR count). The van der Waals surface area contributed by atoms with E-state index in [1.54, 1.807) is 7.11 Å². The van der Waals surface area contributed by atoms with Crippen LogP contribution in [0.2, 0.25) is 0 Å². The summed E-state index contributed by atoms with van der Waals surface area (Å²) in [6, 6.07) is 24.4. The zero-order valence-corrected chi connectivity index (χ0v) is 14.9. The molecule has 0 saturated carbocycles. The van der Waals surface area contributed by atoms with Crippen LogP contribution in [-0.4, -0.2) is 12.9 Å². The molecule has 4 heteroatoms. The molecule has 0 aromatic heterocycles. The molecule has 0 aliphatic carbocycles. The van der Waals surface area contributed by atoms with Crippen molar-refractivity contribution in [3.05, 3.63) is 83.9 Å². The minimum absolute atomic E-state index is 0.550. The van der Waals surface area contributed by atoms with Crippen molar-refractivity contribution in [2.24, 2.45) is 10.7 Å². The van der Waals surface area contributed by atoms with E-state index in [9.17, 15) is 0 Å². The lowest BCUT2D eigenvalue weighted by Gasteiger charge is -2.34. The number of nitrogens with two attached hydrogens (primary N) is 1. The lowest BCUT2D eigenvalue weighted by atomic mass is 9.94. The second kappa shape index (κ2) is 6.23. The maximum Gasteiger partial charge on any atom is 0.155 e. The Hall–Kier alpha value is -3.27. The average molecular weight is 343 g/mol. The molecule has 0 bridgehead atoms. The van der Waals surface area contributed by atoms with Crippen molar-refractivity contribution in [1.82, 2.24) is 0 Å². The van der Waals surface area contributed by atoms with Crippen LogP contribution in [-0.2, 0) is 5.66 Å². The third kappa shape index (κ3) is 2.80. The summed E-state index contributed by atoms with van der Waals surface area (Å²) in [4.78, 5) is 4.75. The van der Waals surface area contributed by atoms with Gasteiger partial charge in [-0.05, 0) is 53.9 Å².